The molecular formula is C17H26N2O3S. The number of carbonyl (C=O) groups is 1. The van der Waals surface area contributed by atoms with Crippen LogP contribution in [-0.4, -0.2) is 46.3 Å². The summed E-state index contributed by atoms with van der Waals surface area (Å²) in [4.78, 5) is 13.8. The van der Waals surface area contributed by atoms with Gasteiger partial charge in [0.1, 0.15) is 5.75 Å². The van der Waals surface area contributed by atoms with Gasteiger partial charge in [0, 0.05) is 41.6 Å². The third-order valence-electron chi connectivity index (χ3n) is 4.17. The van der Waals surface area contributed by atoms with Gasteiger partial charge in [0.25, 0.3) is 0 Å². The van der Waals surface area contributed by atoms with Gasteiger partial charge in [-0.15, -0.1) is 0 Å². The van der Waals surface area contributed by atoms with E-state index in [0.29, 0.717) is 11.9 Å². The molecule has 2 atom stereocenters. The first-order chi connectivity index (χ1) is 11.0. The maximum Gasteiger partial charge on any atom is 0.321 e. The zero-order chi connectivity index (χ0) is 16.8. The molecule has 0 bridgehead atoms. The molecule has 5 nitrogen and oxygen atoms in total. The van der Waals surface area contributed by atoms with Gasteiger partial charge in [-0.2, -0.15) is 0 Å². The summed E-state index contributed by atoms with van der Waals surface area (Å²) in [5.41, 5.74) is 0.727. The van der Waals surface area contributed by atoms with Crippen LogP contribution in [0, 0.1) is 0 Å². The molecule has 0 unspecified atom stereocenters. The van der Waals surface area contributed by atoms with Crippen LogP contribution in [0.15, 0.2) is 24.3 Å². The van der Waals surface area contributed by atoms with Crippen molar-refractivity contribution in [1.29, 1.82) is 0 Å². The summed E-state index contributed by atoms with van der Waals surface area (Å²) >= 11 is 0. The van der Waals surface area contributed by atoms with Crippen LogP contribution in [0.4, 0.5) is 10.5 Å². The van der Waals surface area contributed by atoms with Crippen molar-refractivity contribution in [2.24, 2.45) is 0 Å². The molecule has 1 N–H and O–H groups in total. The van der Waals surface area contributed by atoms with Crippen molar-refractivity contribution in [3.63, 3.8) is 0 Å². The Hall–Kier alpha value is -1.56. The molecule has 1 saturated carbocycles. The molecule has 0 spiro atoms. The van der Waals surface area contributed by atoms with Crippen LogP contribution in [-0.2, 0) is 10.8 Å². The predicted octanol–water partition coefficient (Wildman–Crippen LogP) is 3.24. The topological polar surface area (TPSA) is 58.6 Å². The van der Waals surface area contributed by atoms with Gasteiger partial charge in [0.15, 0.2) is 0 Å². The third kappa shape index (κ3) is 5.53. The van der Waals surface area contributed by atoms with Gasteiger partial charge in [0.05, 0.1) is 6.10 Å². The van der Waals surface area contributed by atoms with Crippen LogP contribution >= 0.6 is 0 Å². The maximum absolute atomic E-state index is 12.2. The molecule has 128 valence electrons. The highest BCUT2D eigenvalue weighted by Crippen LogP contribution is 2.25. The van der Waals surface area contributed by atoms with E-state index in [-0.39, 0.29) is 12.1 Å². The second kappa shape index (κ2) is 8.34. The number of hydrogen-bond donors (Lipinski definition) is 1. The van der Waals surface area contributed by atoms with Crippen molar-refractivity contribution >= 4 is 22.5 Å². The summed E-state index contributed by atoms with van der Waals surface area (Å²) in [6.07, 6.45) is 6.71. The summed E-state index contributed by atoms with van der Waals surface area (Å²) in [5.74, 6) is 1.32. The van der Waals surface area contributed by atoms with Crippen LogP contribution in [0.1, 0.15) is 32.6 Å². The van der Waals surface area contributed by atoms with Crippen molar-refractivity contribution in [3.05, 3.63) is 24.3 Å². The standard InChI is InChI=1S/C17H26N2O3S/c1-13(12-23(3)21)19(2)17(20)18-14-8-10-16(11-9-14)22-15-6-4-5-7-15/h8-11,13,15H,4-7,12H2,1-3H3,(H,18,20)/t13-,23+/m0/s1. The summed E-state index contributed by atoms with van der Waals surface area (Å²) < 4.78 is 17.2. The molecule has 0 saturated heterocycles. The second-order valence-electron chi connectivity index (χ2n) is 6.18. The number of carbonyl (C=O) groups excluding carboxylic acids is 1. The first-order valence-electron chi connectivity index (χ1n) is 8.06. The zero-order valence-electron chi connectivity index (χ0n) is 14.1. The van der Waals surface area contributed by atoms with Gasteiger partial charge in [-0.25, -0.2) is 4.79 Å². The number of ether oxygens (including phenoxy) is 1. The smallest absolute Gasteiger partial charge is 0.321 e. The number of benzene rings is 1. The van der Waals surface area contributed by atoms with Crippen molar-refractivity contribution in [3.8, 4) is 5.75 Å². The zero-order valence-corrected chi connectivity index (χ0v) is 14.9. The molecule has 0 aliphatic heterocycles. The molecule has 0 radical (unpaired) electrons. The normalized spacial score (nSPS) is 17.5. The molecule has 6 heteroatoms. The average molecular weight is 338 g/mol. The number of nitrogens with zero attached hydrogens (tertiary/aromatic N) is 1. The van der Waals surface area contributed by atoms with Gasteiger partial charge >= 0.3 is 6.03 Å². The highest BCUT2D eigenvalue weighted by molar-refractivity contribution is 7.84. The molecule has 1 fully saturated rings. The largest absolute Gasteiger partial charge is 0.490 e. The fourth-order valence-corrected chi connectivity index (χ4v) is 3.58. The minimum atomic E-state index is -0.923. The van der Waals surface area contributed by atoms with Gasteiger partial charge in [0.2, 0.25) is 0 Å². The Morgan fingerprint density at radius 1 is 1.35 bits per heavy atom. The maximum atomic E-state index is 12.2. The number of anilines is 1. The van der Waals surface area contributed by atoms with Gasteiger partial charge < -0.3 is 15.0 Å². The lowest BCUT2D eigenvalue weighted by Gasteiger charge is -2.24. The van der Waals surface area contributed by atoms with E-state index in [1.165, 1.54) is 12.8 Å². The Kier molecular flexibility index (Phi) is 6.45. The second-order valence-corrected chi connectivity index (χ2v) is 7.66. The van der Waals surface area contributed by atoms with Gasteiger partial charge in [-0.05, 0) is 56.9 Å². The van der Waals surface area contributed by atoms with Crippen LogP contribution in [0.25, 0.3) is 0 Å². The molecule has 1 aliphatic carbocycles. The highest BCUT2D eigenvalue weighted by Gasteiger charge is 2.18. The Morgan fingerprint density at radius 2 is 1.96 bits per heavy atom. The van der Waals surface area contributed by atoms with Crippen molar-refractivity contribution in [2.75, 3.05) is 24.4 Å². The molecule has 2 amide bonds. The fourth-order valence-electron chi connectivity index (χ4n) is 2.68. The molecule has 1 aliphatic rings. The van der Waals surface area contributed by atoms with Crippen LogP contribution in [0.2, 0.25) is 0 Å². The van der Waals surface area contributed by atoms with E-state index in [9.17, 15) is 9.00 Å². The SMILES string of the molecule is C[C@@H](C[S@@](C)=O)N(C)C(=O)Nc1ccc(OC2CCCC2)cc1. The average Bonchev–Trinajstić information content (AvgIpc) is 3.00. The minimum Gasteiger partial charge on any atom is -0.490 e. The number of hydrogen-bond acceptors (Lipinski definition) is 3. The monoisotopic (exact) mass is 338 g/mol. The molecule has 1 aromatic rings. The lowest BCUT2D eigenvalue weighted by molar-refractivity contribution is 0.209. The van der Waals surface area contributed by atoms with Crippen LogP contribution < -0.4 is 10.1 Å². The molecule has 1 aromatic carbocycles. The third-order valence-corrected chi connectivity index (χ3v) is 5.12. The summed E-state index contributed by atoms with van der Waals surface area (Å²) in [6, 6.07) is 7.19. The number of urea groups is 1. The first kappa shape index (κ1) is 17.8. The van der Waals surface area contributed by atoms with E-state index >= 15 is 0 Å². The molecular weight excluding hydrogens is 312 g/mol. The van der Waals surface area contributed by atoms with E-state index in [1.807, 2.05) is 31.2 Å². The number of amides is 2. The molecule has 23 heavy (non-hydrogen) atoms. The van der Waals surface area contributed by atoms with E-state index in [2.05, 4.69) is 5.32 Å². The van der Waals surface area contributed by atoms with Crippen molar-refractivity contribution in [2.45, 2.75) is 44.8 Å². The number of rotatable bonds is 6. The molecule has 0 aromatic heterocycles. The van der Waals surface area contributed by atoms with E-state index < -0.39 is 10.8 Å². The van der Waals surface area contributed by atoms with E-state index in [1.54, 1.807) is 18.2 Å². The molecule has 0 heterocycles. The summed E-state index contributed by atoms with van der Waals surface area (Å²) in [6.45, 7) is 1.89. The fraction of sp³-hybridized carbons (Fsp3) is 0.588. The predicted molar refractivity (Wildman–Crippen MR) is 94.5 cm³/mol. The highest BCUT2D eigenvalue weighted by atomic mass is 32.2. The van der Waals surface area contributed by atoms with Crippen LogP contribution in [0.3, 0.4) is 0 Å². The minimum absolute atomic E-state index is 0.0780. The quantitative estimate of drug-likeness (QED) is 0.866. The summed E-state index contributed by atoms with van der Waals surface area (Å²) in [5, 5.41) is 2.85. The Bertz CT molecular complexity index is 541. The Balaban J connectivity index is 1.86. The van der Waals surface area contributed by atoms with Crippen molar-refractivity contribution in [1.82, 2.24) is 4.90 Å². The molecule has 2 rings (SSSR count). The van der Waals surface area contributed by atoms with Gasteiger partial charge in [-0.3, -0.25) is 4.21 Å². The lowest BCUT2D eigenvalue weighted by atomic mass is 10.2. The van der Waals surface area contributed by atoms with Crippen LogP contribution in [0.5, 0.6) is 5.75 Å². The van der Waals surface area contributed by atoms with Crippen molar-refractivity contribution < 1.29 is 13.7 Å². The first-order valence-corrected chi connectivity index (χ1v) is 9.79. The Morgan fingerprint density at radius 3 is 2.52 bits per heavy atom. The summed E-state index contributed by atoms with van der Waals surface area (Å²) in [7, 11) is 0.789. The van der Waals surface area contributed by atoms with Gasteiger partial charge in [-0.1, -0.05) is 0 Å². The van der Waals surface area contributed by atoms with E-state index in [4.69, 9.17) is 4.74 Å². The number of nitrogens with one attached hydrogen (secondary N) is 1. The lowest BCUT2D eigenvalue weighted by Crippen LogP contribution is -2.40. The Labute approximate surface area is 140 Å². The van der Waals surface area contributed by atoms with E-state index in [0.717, 1.165) is 24.3 Å².